The topological polar surface area (TPSA) is 223 Å². The maximum absolute atomic E-state index is 15.0. The van der Waals surface area contributed by atoms with Crippen molar-refractivity contribution in [2.45, 2.75) is 204 Å². The number of likely N-dealkylation sites (N-methyl/N-ethyl adjacent to an activating group) is 2. The van der Waals surface area contributed by atoms with E-state index in [1.54, 1.807) is 54.8 Å². The lowest BCUT2D eigenvalue weighted by molar-refractivity contribution is -0.302. The maximum Gasteiger partial charge on any atom is 0.309 e. The van der Waals surface area contributed by atoms with Crippen molar-refractivity contribution in [3.05, 3.63) is 47.3 Å². The highest BCUT2D eigenvalue weighted by Gasteiger charge is 2.55. The van der Waals surface area contributed by atoms with Gasteiger partial charge in [0.05, 0.1) is 60.4 Å². The van der Waals surface area contributed by atoms with Gasteiger partial charge >= 0.3 is 5.97 Å². The Balaban J connectivity index is 1.24. The summed E-state index contributed by atoms with van der Waals surface area (Å²) in [4.78, 5) is 21.0. The average Bonchev–Trinajstić information content (AvgIpc) is 3.86. The summed E-state index contributed by atoms with van der Waals surface area (Å²) in [5, 5.41) is 69.1. The van der Waals surface area contributed by atoms with Crippen LogP contribution >= 0.6 is 0 Å². The Morgan fingerprint density at radius 3 is 2.25 bits per heavy atom. The first-order valence-corrected chi connectivity index (χ1v) is 27.8. The van der Waals surface area contributed by atoms with Gasteiger partial charge < -0.3 is 68.5 Å². The van der Waals surface area contributed by atoms with Crippen molar-refractivity contribution in [3.63, 3.8) is 0 Å². The Morgan fingerprint density at radius 1 is 0.961 bits per heavy atom. The van der Waals surface area contributed by atoms with Crippen LogP contribution in [0.2, 0.25) is 0 Å². The zero-order chi connectivity index (χ0) is 56.0. The van der Waals surface area contributed by atoms with Crippen molar-refractivity contribution in [2.24, 2.45) is 23.7 Å². The number of aromatic nitrogens is 3. The van der Waals surface area contributed by atoms with Gasteiger partial charge in [0.1, 0.15) is 48.8 Å². The van der Waals surface area contributed by atoms with Crippen LogP contribution in [0.3, 0.4) is 0 Å². The third-order valence-electron chi connectivity index (χ3n) is 17.7. The number of carbonyl (C=O) groups is 1. The highest BCUT2D eigenvalue weighted by Crippen LogP contribution is 2.45. The van der Waals surface area contributed by atoms with E-state index in [2.05, 4.69) is 27.3 Å². The monoisotopic (exact) mass is 1080 g/mol. The largest absolute Gasteiger partial charge is 0.459 e. The second-order valence-electron chi connectivity index (χ2n) is 23.7. The zero-order valence-corrected chi connectivity index (χ0v) is 48.0. The smallest absolute Gasteiger partial charge is 0.309 e. The maximum atomic E-state index is 15.0. The van der Waals surface area contributed by atoms with Gasteiger partial charge in [-0.2, -0.15) is 0 Å². The van der Waals surface area contributed by atoms with E-state index in [9.17, 15) is 34.7 Å². The minimum Gasteiger partial charge on any atom is -0.459 e. The molecule has 19 nitrogen and oxygen atoms in total. The summed E-state index contributed by atoms with van der Waals surface area (Å²) in [6.07, 6.45) is -6.12. The fourth-order valence-electron chi connectivity index (χ4n) is 12.9. The number of ether oxygens (including phenoxy) is 7. The van der Waals surface area contributed by atoms with Crippen molar-refractivity contribution in [2.75, 3.05) is 74.4 Å². The summed E-state index contributed by atoms with van der Waals surface area (Å²) < 4.78 is 60.1. The van der Waals surface area contributed by atoms with E-state index < -0.39 is 120 Å². The Morgan fingerprint density at radius 2 is 1.63 bits per heavy atom. The molecule has 5 N–H and O–H groups in total. The van der Waals surface area contributed by atoms with Crippen LogP contribution < -0.4 is 0 Å². The number of rotatable bonds is 16. The van der Waals surface area contributed by atoms with E-state index in [4.69, 9.17) is 33.2 Å². The molecule has 4 aliphatic heterocycles. The number of aliphatic hydroxyl groups is 5. The second kappa shape index (κ2) is 26.6. The number of hydrogen-bond acceptors (Lipinski definition) is 18. The number of alkyl halides is 1. The number of aliphatic hydroxyl groups excluding tert-OH is 3. The molecule has 434 valence electrons. The third kappa shape index (κ3) is 14.4. The van der Waals surface area contributed by atoms with Crippen LogP contribution in [0.4, 0.5) is 4.39 Å². The second-order valence-corrected chi connectivity index (χ2v) is 23.7. The molecule has 4 fully saturated rings. The fourth-order valence-corrected chi connectivity index (χ4v) is 12.9. The lowest BCUT2D eigenvalue weighted by Gasteiger charge is -2.51. The molecule has 20 atom stereocenters. The molecule has 0 amide bonds. The van der Waals surface area contributed by atoms with Gasteiger partial charge in [-0.15, -0.1) is 5.10 Å². The average molecular weight is 1080 g/mol. The molecule has 0 saturated carbocycles. The van der Waals surface area contributed by atoms with Crippen LogP contribution in [0.1, 0.15) is 124 Å². The van der Waals surface area contributed by atoms with Crippen molar-refractivity contribution < 1.29 is 67.9 Å². The number of methoxy groups -OCH3 is 2. The molecule has 0 aliphatic carbocycles. The molecule has 5 heterocycles. The molecule has 4 saturated heterocycles. The molecule has 0 spiro atoms. The van der Waals surface area contributed by atoms with E-state index in [0.717, 1.165) is 44.0 Å². The van der Waals surface area contributed by atoms with E-state index >= 15 is 0 Å². The Hall–Kier alpha value is -2.80. The number of carbonyl (C=O) groups excluding carboxylic acids is 1. The van der Waals surface area contributed by atoms with Gasteiger partial charge in [-0.25, -0.2) is 9.07 Å². The summed E-state index contributed by atoms with van der Waals surface area (Å²) in [5.74, 6) is -3.24. The Bertz CT molecular complexity index is 2100. The first-order chi connectivity index (χ1) is 35.8. The number of benzene rings is 1. The minimum absolute atomic E-state index is 0.175. The van der Waals surface area contributed by atoms with Crippen LogP contribution in [0.25, 0.3) is 0 Å². The lowest BCUT2D eigenvalue weighted by Crippen LogP contribution is -2.62. The number of nitrogens with zero attached hydrogens (tertiary/aromatic N) is 6. The molecule has 20 heteroatoms. The molecule has 0 radical (unpaired) electrons. The number of cyclic esters (lactones) is 1. The predicted octanol–water partition coefficient (Wildman–Crippen LogP) is 4.11. The molecule has 0 bridgehead atoms. The molecular formula is C56H95FN6O13. The van der Waals surface area contributed by atoms with Crippen LogP contribution in [0.5, 0.6) is 0 Å². The quantitative estimate of drug-likeness (QED) is 0.149. The van der Waals surface area contributed by atoms with E-state index in [1.165, 1.54) is 18.7 Å². The van der Waals surface area contributed by atoms with Gasteiger partial charge in [0.25, 0.3) is 0 Å². The molecular weight excluding hydrogens is 984 g/mol. The summed E-state index contributed by atoms with van der Waals surface area (Å²) >= 11 is 0. The highest BCUT2D eigenvalue weighted by molar-refractivity contribution is 5.73. The fraction of sp³-hybridized carbons (Fsp3) is 0.839. The molecule has 2 aromatic rings. The predicted molar refractivity (Wildman–Crippen MR) is 283 cm³/mol. The molecule has 4 aliphatic rings. The summed E-state index contributed by atoms with van der Waals surface area (Å²) in [6.45, 7) is 22.0. The van der Waals surface area contributed by atoms with Gasteiger partial charge in [-0.3, -0.25) is 9.69 Å². The van der Waals surface area contributed by atoms with Crippen molar-refractivity contribution in [1.29, 1.82) is 0 Å². The molecule has 1 unspecified atom stereocenters. The van der Waals surface area contributed by atoms with Crippen LogP contribution in [-0.4, -0.2) is 220 Å². The standard InChI is InChI=1S/C56H95FN6O13/c1-15-45-56(10,69)49(65)37(6)61(12)30-33(2)27-54(8,68)51(35(4)46(36(5)52(67)75-45)44-28-55(9,71-14)50(66)38(7)74-44)76-53-47(64)42(26-34(3)73-53)60(11)21-20-41-32-63(59-58-41)43(29-57)48(70-13)40-18-16-39(17-19-40)31-62-22-24-72-25-23-62/h16-19,32-38,42-51,53,64-66,68-69H,15,20-31H2,1-14H3/t33-,34-,35+,36-,37-,38+,42+,43-,44-,45-,46?,47-,48-,49-,50+,51-,53+,54-,55-,56-/m1/s1. The van der Waals surface area contributed by atoms with Crippen molar-refractivity contribution in [1.82, 2.24) is 29.7 Å². The third-order valence-corrected chi connectivity index (χ3v) is 17.7. The number of morpholine rings is 1. The van der Waals surface area contributed by atoms with E-state index in [1.807, 2.05) is 56.8 Å². The molecule has 6 rings (SSSR count). The zero-order valence-electron chi connectivity index (χ0n) is 48.0. The van der Waals surface area contributed by atoms with Gasteiger partial charge in [0.2, 0.25) is 0 Å². The van der Waals surface area contributed by atoms with Crippen LogP contribution in [0, 0.1) is 23.7 Å². The SMILES string of the molecule is CC[C@H]1OC(=O)[C@H](C)C([C@H]2C[C@@](C)(OC)[C@@H](O)[C@H](C)O2)[C@H](C)[C@@H](O[C@@H]2O[C@H](C)C[C@H](N(C)CCc3cn([C@H](CF)[C@H](OC)c4ccc(CN5CCOCC5)cc4)nn3)[C@H]2O)[C@](C)(O)C[C@@H](C)CN(C)[C@H](C)[C@@H](O)[C@]1(C)O. The minimum atomic E-state index is -1.83. The number of halogens is 1. The normalized spacial score (nSPS) is 40.0. The van der Waals surface area contributed by atoms with E-state index in [0.29, 0.717) is 31.6 Å². The van der Waals surface area contributed by atoms with Gasteiger partial charge in [-0.1, -0.05) is 57.2 Å². The number of hydrogen-bond donors (Lipinski definition) is 5. The summed E-state index contributed by atoms with van der Waals surface area (Å²) in [6, 6.07) is 6.26. The van der Waals surface area contributed by atoms with Gasteiger partial charge in [-0.05, 0) is 97.9 Å². The Labute approximate surface area is 451 Å². The summed E-state index contributed by atoms with van der Waals surface area (Å²) in [7, 11) is 6.85. The lowest BCUT2D eigenvalue weighted by atomic mass is 9.68. The molecule has 1 aromatic heterocycles. The van der Waals surface area contributed by atoms with Crippen LogP contribution in [-0.2, 0) is 50.9 Å². The van der Waals surface area contributed by atoms with Crippen molar-refractivity contribution in [3.8, 4) is 0 Å². The first-order valence-electron chi connectivity index (χ1n) is 27.8. The van der Waals surface area contributed by atoms with Gasteiger partial charge in [0.15, 0.2) is 6.29 Å². The van der Waals surface area contributed by atoms with Gasteiger partial charge in [0, 0.05) is 84.0 Å². The molecule has 76 heavy (non-hydrogen) atoms. The summed E-state index contributed by atoms with van der Waals surface area (Å²) in [5.41, 5.74) is -1.90. The van der Waals surface area contributed by atoms with Crippen molar-refractivity contribution >= 4 is 5.97 Å². The van der Waals surface area contributed by atoms with Crippen LogP contribution in [0.15, 0.2) is 30.5 Å². The first kappa shape index (κ1) is 62.4. The van der Waals surface area contributed by atoms with E-state index in [-0.39, 0.29) is 31.3 Å². The highest BCUT2D eigenvalue weighted by atomic mass is 19.1. The number of esters is 1. The molecule has 1 aromatic carbocycles. The Kier molecular flexibility index (Phi) is 21.9.